The summed E-state index contributed by atoms with van der Waals surface area (Å²) in [6, 6.07) is 6.05. The maximum Gasteiger partial charge on any atom is 0.417 e. The Morgan fingerprint density at radius 2 is 1.68 bits per heavy atom. The molecule has 0 heterocycles. The lowest BCUT2D eigenvalue weighted by Gasteiger charge is -2.17. The number of aliphatic carboxylic acids is 1. The number of rotatable bonds is 6. The van der Waals surface area contributed by atoms with Crippen molar-refractivity contribution < 1.29 is 36.2 Å². The van der Waals surface area contributed by atoms with E-state index in [9.17, 15) is 31.1 Å². The summed E-state index contributed by atoms with van der Waals surface area (Å²) >= 11 is 0.981. The minimum Gasteiger partial charge on any atom is -0.481 e. The first kappa shape index (κ1) is 22.1. The molecule has 0 spiro atoms. The number of halogens is 6. The summed E-state index contributed by atoms with van der Waals surface area (Å²) in [5.74, 6) is -0.757. The van der Waals surface area contributed by atoms with E-state index >= 15 is 0 Å². The molecule has 2 nitrogen and oxygen atoms in total. The number of aryl methyl sites for hydroxylation is 1. The van der Waals surface area contributed by atoms with Gasteiger partial charge in [-0.2, -0.15) is 26.3 Å². The topological polar surface area (TPSA) is 37.3 Å². The summed E-state index contributed by atoms with van der Waals surface area (Å²) in [6.45, 7) is 1.69. The second kappa shape index (κ2) is 8.46. The van der Waals surface area contributed by atoms with E-state index in [0.717, 1.165) is 36.0 Å². The zero-order chi connectivity index (χ0) is 21.1. The molecule has 0 saturated carbocycles. The van der Waals surface area contributed by atoms with Crippen LogP contribution in [0.2, 0.25) is 0 Å². The number of carboxylic acid groups (broad SMARTS) is 1. The third-order valence-corrected chi connectivity index (χ3v) is 4.90. The summed E-state index contributed by atoms with van der Waals surface area (Å²) < 4.78 is 79.5. The second-order valence-electron chi connectivity index (χ2n) is 5.91. The fourth-order valence-corrected chi connectivity index (χ4v) is 3.49. The lowest BCUT2D eigenvalue weighted by molar-refractivity contribution is -0.140. The number of hydrogen-bond donors (Lipinski definition) is 1. The molecule has 0 aromatic heterocycles. The molecule has 0 bridgehead atoms. The lowest BCUT2D eigenvalue weighted by Crippen LogP contribution is -2.09. The molecule has 0 aliphatic heterocycles. The predicted octanol–water partition coefficient (Wildman–Crippen LogP) is 6.52. The van der Waals surface area contributed by atoms with Crippen molar-refractivity contribution in [1.29, 1.82) is 0 Å². The quantitative estimate of drug-likeness (QED) is 0.425. The van der Waals surface area contributed by atoms with E-state index < -0.39 is 29.4 Å². The fraction of sp³-hybridized carbons (Fsp3) is 0.316. The molecule has 28 heavy (non-hydrogen) atoms. The molecule has 0 fully saturated rings. The van der Waals surface area contributed by atoms with Crippen molar-refractivity contribution in [2.45, 2.75) is 37.0 Å². The summed E-state index contributed by atoms with van der Waals surface area (Å²) in [5, 5.41) is 8.83. The van der Waals surface area contributed by atoms with Gasteiger partial charge in [-0.1, -0.05) is 19.1 Å². The summed E-state index contributed by atoms with van der Waals surface area (Å²) in [5.41, 5.74) is -1.81. The molecule has 2 aromatic carbocycles. The van der Waals surface area contributed by atoms with Crippen molar-refractivity contribution in [3.8, 4) is 11.1 Å². The average molecular weight is 422 g/mol. The lowest BCUT2D eigenvalue weighted by atomic mass is 9.93. The Hall–Kier alpha value is -2.16. The molecule has 0 aliphatic rings. The number of alkyl halides is 6. The highest BCUT2D eigenvalue weighted by atomic mass is 32.2. The highest BCUT2D eigenvalue weighted by Gasteiger charge is 2.35. The first-order valence-electron chi connectivity index (χ1n) is 8.19. The predicted molar refractivity (Wildman–Crippen MR) is 94.2 cm³/mol. The van der Waals surface area contributed by atoms with E-state index in [2.05, 4.69) is 0 Å². The van der Waals surface area contributed by atoms with Crippen LogP contribution in [0.3, 0.4) is 0 Å². The van der Waals surface area contributed by atoms with Crippen molar-refractivity contribution in [3.63, 3.8) is 0 Å². The third-order valence-electron chi connectivity index (χ3n) is 3.94. The van der Waals surface area contributed by atoms with Crippen LogP contribution in [0, 0.1) is 0 Å². The van der Waals surface area contributed by atoms with Crippen molar-refractivity contribution in [3.05, 3.63) is 53.1 Å². The van der Waals surface area contributed by atoms with Gasteiger partial charge in [0.25, 0.3) is 0 Å². The Balaban J connectivity index is 2.64. The molecule has 0 unspecified atom stereocenters. The van der Waals surface area contributed by atoms with Gasteiger partial charge >= 0.3 is 18.3 Å². The number of benzene rings is 2. The standard InChI is InChI=1S/C19H16F6O2S/c1-2-28-16-7-4-12(9-15(16)19(23,24)25)14-10-13(18(20,21)22)6-3-11(14)5-8-17(26)27/h3-4,6-7,9-10H,2,5,8H2,1H3,(H,26,27). The molecule has 152 valence electrons. The van der Waals surface area contributed by atoms with Gasteiger partial charge in [0.15, 0.2) is 0 Å². The van der Waals surface area contributed by atoms with Crippen molar-refractivity contribution in [1.82, 2.24) is 0 Å². The van der Waals surface area contributed by atoms with Crippen LogP contribution < -0.4 is 0 Å². The van der Waals surface area contributed by atoms with Gasteiger partial charge in [0.2, 0.25) is 0 Å². The van der Waals surface area contributed by atoms with Gasteiger partial charge < -0.3 is 5.11 Å². The van der Waals surface area contributed by atoms with Crippen LogP contribution in [-0.2, 0) is 23.6 Å². The molecule has 0 atom stereocenters. The Labute approximate surface area is 161 Å². The van der Waals surface area contributed by atoms with Gasteiger partial charge in [0.05, 0.1) is 11.1 Å². The van der Waals surface area contributed by atoms with Crippen molar-refractivity contribution >= 4 is 17.7 Å². The monoisotopic (exact) mass is 422 g/mol. The van der Waals surface area contributed by atoms with E-state index in [4.69, 9.17) is 5.11 Å². The van der Waals surface area contributed by atoms with E-state index in [1.165, 1.54) is 12.1 Å². The maximum absolute atomic E-state index is 13.4. The molecule has 1 N–H and O–H groups in total. The molecule has 2 aromatic rings. The highest BCUT2D eigenvalue weighted by molar-refractivity contribution is 7.99. The summed E-state index contributed by atoms with van der Waals surface area (Å²) in [4.78, 5) is 10.8. The van der Waals surface area contributed by atoms with Gasteiger partial charge in [-0.15, -0.1) is 11.8 Å². The number of thioether (sulfide) groups is 1. The molecule has 0 amide bonds. The van der Waals surface area contributed by atoms with Gasteiger partial charge in [0, 0.05) is 11.3 Å². The number of carbonyl (C=O) groups is 1. The van der Waals surface area contributed by atoms with Crippen LogP contribution in [0.15, 0.2) is 41.3 Å². The number of hydrogen-bond acceptors (Lipinski definition) is 2. The molecule has 0 aliphatic carbocycles. The minimum absolute atomic E-state index is 0.0159. The van der Waals surface area contributed by atoms with Gasteiger partial charge in [0.1, 0.15) is 0 Å². The molecular weight excluding hydrogens is 406 g/mol. The Morgan fingerprint density at radius 1 is 1.00 bits per heavy atom. The Kier molecular flexibility index (Phi) is 6.69. The van der Waals surface area contributed by atoms with Crippen molar-refractivity contribution in [2.75, 3.05) is 5.75 Å². The fourth-order valence-electron chi connectivity index (χ4n) is 2.68. The first-order valence-corrected chi connectivity index (χ1v) is 9.18. The van der Waals surface area contributed by atoms with E-state index in [-0.39, 0.29) is 34.4 Å². The van der Waals surface area contributed by atoms with E-state index in [0.29, 0.717) is 5.75 Å². The van der Waals surface area contributed by atoms with Crippen LogP contribution in [0.1, 0.15) is 30.0 Å². The molecule has 9 heteroatoms. The first-order chi connectivity index (χ1) is 12.9. The van der Waals surface area contributed by atoms with Crippen LogP contribution >= 0.6 is 11.8 Å². The highest BCUT2D eigenvalue weighted by Crippen LogP contribution is 2.41. The smallest absolute Gasteiger partial charge is 0.417 e. The van der Waals surface area contributed by atoms with Gasteiger partial charge in [-0.3, -0.25) is 4.79 Å². The Morgan fingerprint density at radius 3 is 2.21 bits per heavy atom. The van der Waals surface area contributed by atoms with Gasteiger partial charge in [-0.25, -0.2) is 0 Å². The molecule has 0 radical (unpaired) electrons. The Bertz CT molecular complexity index is 858. The van der Waals surface area contributed by atoms with Crippen molar-refractivity contribution in [2.24, 2.45) is 0 Å². The summed E-state index contributed by atoms with van der Waals surface area (Å²) in [6.07, 6.45) is -9.80. The zero-order valence-electron chi connectivity index (χ0n) is 14.6. The average Bonchev–Trinajstić information content (AvgIpc) is 2.58. The second-order valence-corrected chi connectivity index (χ2v) is 7.21. The van der Waals surface area contributed by atoms with E-state index in [1.54, 1.807) is 6.92 Å². The molecule has 2 rings (SSSR count). The van der Waals surface area contributed by atoms with Crippen LogP contribution in [0.5, 0.6) is 0 Å². The minimum atomic E-state index is -4.68. The van der Waals surface area contributed by atoms with Gasteiger partial charge in [-0.05, 0) is 53.1 Å². The normalized spacial score (nSPS) is 12.2. The van der Waals surface area contributed by atoms with Crippen LogP contribution in [-0.4, -0.2) is 16.8 Å². The largest absolute Gasteiger partial charge is 0.481 e. The third kappa shape index (κ3) is 5.43. The zero-order valence-corrected chi connectivity index (χ0v) is 15.4. The summed E-state index contributed by atoms with van der Waals surface area (Å²) in [7, 11) is 0. The van der Waals surface area contributed by atoms with E-state index in [1.807, 2.05) is 0 Å². The maximum atomic E-state index is 13.4. The molecular formula is C19H16F6O2S. The molecule has 0 saturated heterocycles. The van der Waals surface area contributed by atoms with Crippen LogP contribution in [0.4, 0.5) is 26.3 Å². The number of carboxylic acids is 1. The van der Waals surface area contributed by atoms with Crippen LogP contribution in [0.25, 0.3) is 11.1 Å². The SMILES string of the molecule is CCSc1ccc(-c2cc(C(F)(F)F)ccc2CCC(=O)O)cc1C(F)(F)F.